The predicted octanol–water partition coefficient (Wildman–Crippen LogP) is 6.03. The molecule has 0 fully saturated rings. The Hall–Kier alpha value is -1.76. The Morgan fingerprint density at radius 1 is 1.10 bits per heavy atom. The molecule has 0 bridgehead atoms. The Morgan fingerprint density at radius 3 is 2.15 bits per heavy atom. The molecule has 0 unspecified atom stereocenters. The van der Waals surface area contributed by atoms with Gasteiger partial charge in [-0.1, -0.05) is 57.7 Å². The number of hydrogen-bond acceptors (Lipinski definition) is 1. The van der Waals surface area contributed by atoms with Crippen LogP contribution in [0.3, 0.4) is 0 Å². The maximum absolute atomic E-state index is 3.83. The van der Waals surface area contributed by atoms with Crippen molar-refractivity contribution in [2.75, 3.05) is 5.32 Å². The van der Waals surface area contributed by atoms with E-state index in [0.29, 0.717) is 0 Å². The Morgan fingerprint density at radius 2 is 1.70 bits per heavy atom. The van der Waals surface area contributed by atoms with Crippen LogP contribution in [0.25, 0.3) is 5.57 Å². The lowest BCUT2D eigenvalue weighted by Gasteiger charge is -2.09. The van der Waals surface area contributed by atoms with Crippen LogP contribution < -0.4 is 5.32 Å². The second kappa shape index (κ2) is 8.42. The smallest absolute Gasteiger partial charge is 0.0381 e. The van der Waals surface area contributed by atoms with E-state index >= 15 is 0 Å². The van der Waals surface area contributed by atoms with E-state index in [0.717, 1.165) is 23.7 Å². The minimum atomic E-state index is 0.833. The van der Waals surface area contributed by atoms with Crippen molar-refractivity contribution in [2.45, 2.75) is 40.5 Å². The van der Waals surface area contributed by atoms with Crippen molar-refractivity contribution < 1.29 is 0 Å². The van der Waals surface area contributed by atoms with Crippen molar-refractivity contribution in [3.8, 4) is 0 Å². The van der Waals surface area contributed by atoms with E-state index in [1.54, 1.807) is 0 Å². The van der Waals surface area contributed by atoms with Gasteiger partial charge >= 0.3 is 0 Å². The average Bonchev–Trinajstić information content (AvgIpc) is 2.39. The molecule has 1 nitrogen and oxygen atoms in total. The molecule has 0 radical (unpaired) electrons. The first-order valence-corrected chi connectivity index (χ1v) is 7.38. The SMILES string of the molecule is C=C(C)Nc1ccc(C2=CCCC=C2)cc1.CC(C)C. The molecule has 0 atom stereocenters. The van der Waals surface area contributed by atoms with Crippen LogP contribution in [0.2, 0.25) is 0 Å². The molecule has 0 aromatic heterocycles. The van der Waals surface area contributed by atoms with Crippen molar-refractivity contribution in [3.05, 3.63) is 60.3 Å². The molecule has 0 spiro atoms. The van der Waals surface area contributed by atoms with E-state index in [-0.39, 0.29) is 0 Å². The number of anilines is 1. The summed E-state index contributed by atoms with van der Waals surface area (Å²) in [5.74, 6) is 0.833. The maximum atomic E-state index is 3.83. The van der Waals surface area contributed by atoms with Crippen LogP contribution >= 0.6 is 0 Å². The van der Waals surface area contributed by atoms with Crippen LogP contribution in [-0.2, 0) is 0 Å². The van der Waals surface area contributed by atoms with Crippen LogP contribution in [-0.4, -0.2) is 0 Å². The minimum absolute atomic E-state index is 0.833. The van der Waals surface area contributed by atoms with E-state index in [4.69, 9.17) is 0 Å². The molecule has 0 heterocycles. The molecule has 0 amide bonds. The van der Waals surface area contributed by atoms with Crippen LogP contribution in [0.15, 0.2) is 54.8 Å². The first-order valence-electron chi connectivity index (χ1n) is 7.38. The lowest BCUT2D eigenvalue weighted by Crippen LogP contribution is -1.93. The molecular formula is C19H27N. The van der Waals surface area contributed by atoms with Gasteiger partial charge in [0.25, 0.3) is 0 Å². The van der Waals surface area contributed by atoms with Crippen molar-refractivity contribution >= 4 is 11.3 Å². The summed E-state index contributed by atoms with van der Waals surface area (Å²) >= 11 is 0. The molecule has 1 heteroatoms. The minimum Gasteiger partial charge on any atom is -0.360 e. The summed E-state index contributed by atoms with van der Waals surface area (Å²) in [6.07, 6.45) is 9.04. The van der Waals surface area contributed by atoms with Gasteiger partial charge in [-0.3, -0.25) is 0 Å². The van der Waals surface area contributed by atoms with Crippen LogP contribution in [0.1, 0.15) is 46.1 Å². The zero-order valence-electron chi connectivity index (χ0n) is 13.2. The number of nitrogens with one attached hydrogen (secondary N) is 1. The summed E-state index contributed by atoms with van der Waals surface area (Å²) < 4.78 is 0. The first kappa shape index (κ1) is 16.3. The molecule has 2 rings (SSSR count). The molecule has 1 aromatic rings. The molecule has 0 aliphatic heterocycles. The van der Waals surface area contributed by atoms with Gasteiger partial charge in [-0.25, -0.2) is 0 Å². The molecule has 0 saturated heterocycles. The van der Waals surface area contributed by atoms with Crippen molar-refractivity contribution in [2.24, 2.45) is 5.92 Å². The van der Waals surface area contributed by atoms with E-state index in [1.807, 2.05) is 6.92 Å². The fourth-order valence-electron chi connectivity index (χ4n) is 1.82. The van der Waals surface area contributed by atoms with Crippen LogP contribution in [0.5, 0.6) is 0 Å². The highest BCUT2D eigenvalue weighted by Gasteiger charge is 2.00. The summed E-state index contributed by atoms with van der Waals surface area (Å²) in [4.78, 5) is 0. The van der Waals surface area contributed by atoms with Gasteiger partial charge in [0, 0.05) is 11.4 Å². The second-order valence-electron chi connectivity index (χ2n) is 5.85. The standard InChI is InChI=1S/C15H17N.C4H10/c1-12(2)16-15-10-8-14(9-11-15)13-6-4-3-5-7-13;1-4(2)3/h4,6-11,16H,1,3,5H2,2H3;4H,1-3H3. The largest absolute Gasteiger partial charge is 0.360 e. The Labute approximate surface area is 124 Å². The molecule has 1 aliphatic rings. The van der Waals surface area contributed by atoms with Gasteiger partial charge in [-0.05, 0) is 49.0 Å². The summed E-state index contributed by atoms with van der Waals surface area (Å²) in [7, 11) is 0. The molecule has 20 heavy (non-hydrogen) atoms. The molecule has 0 saturated carbocycles. The van der Waals surface area contributed by atoms with Gasteiger partial charge in [-0.15, -0.1) is 0 Å². The van der Waals surface area contributed by atoms with Gasteiger partial charge in [-0.2, -0.15) is 0 Å². The number of benzene rings is 1. The first-order chi connectivity index (χ1) is 9.49. The fourth-order valence-corrected chi connectivity index (χ4v) is 1.82. The van der Waals surface area contributed by atoms with E-state index in [2.05, 4.69) is 75.2 Å². The van der Waals surface area contributed by atoms with Crippen LogP contribution in [0.4, 0.5) is 5.69 Å². The monoisotopic (exact) mass is 269 g/mol. The second-order valence-corrected chi connectivity index (χ2v) is 5.85. The number of allylic oxidation sites excluding steroid dienone is 5. The van der Waals surface area contributed by atoms with Gasteiger partial charge in [0.1, 0.15) is 0 Å². The zero-order valence-corrected chi connectivity index (χ0v) is 13.2. The third-order valence-electron chi connectivity index (χ3n) is 2.57. The summed E-state index contributed by atoms with van der Waals surface area (Å²) in [6, 6.07) is 8.47. The van der Waals surface area contributed by atoms with E-state index < -0.39 is 0 Å². The Balaban J connectivity index is 0.000000444. The molecule has 1 N–H and O–H groups in total. The van der Waals surface area contributed by atoms with Crippen molar-refractivity contribution in [3.63, 3.8) is 0 Å². The molecule has 108 valence electrons. The molecular weight excluding hydrogens is 242 g/mol. The number of rotatable bonds is 3. The van der Waals surface area contributed by atoms with Gasteiger partial charge in [0.2, 0.25) is 0 Å². The Bertz CT molecular complexity index is 472. The van der Waals surface area contributed by atoms with Crippen molar-refractivity contribution in [1.82, 2.24) is 0 Å². The van der Waals surface area contributed by atoms with Gasteiger partial charge in [0.15, 0.2) is 0 Å². The topological polar surface area (TPSA) is 12.0 Å². The van der Waals surface area contributed by atoms with Crippen LogP contribution in [0, 0.1) is 5.92 Å². The average molecular weight is 269 g/mol. The maximum Gasteiger partial charge on any atom is 0.0381 e. The zero-order chi connectivity index (χ0) is 15.0. The molecule has 1 aromatic carbocycles. The lowest BCUT2D eigenvalue weighted by molar-refractivity contribution is 0.737. The van der Waals surface area contributed by atoms with Gasteiger partial charge in [0.05, 0.1) is 0 Å². The normalized spacial score (nSPS) is 13.3. The highest BCUT2D eigenvalue weighted by atomic mass is 14.9. The lowest BCUT2D eigenvalue weighted by atomic mass is 9.99. The quantitative estimate of drug-likeness (QED) is 0.706. The van der Waals surface area contributed by atoms with E-state index in [1.165, 1.54) is 17.6 Å². The highest BCUT2D eigenvalue weighted by molar-refractivity contribution is 5.75. The third-order valence-corrected chi connectivity index (χ3v) is 2.57. The predicted molar refractivity (Wildman–Crippen MR) is 91.7 cm³/mol. The Kier molecular flexibility index (Phi) is 6.86. The van der Waals surface area contributed by atoms with E-state index in [9.17, 15) is 0 Å². The fraction of sp³-hybridized carbons (Fsp3) is 0.368. The van der Waals surface area contributed by atoms with Gasteiger partial charge < -0.3 is 5.32 Å². The molecule has 1 aliphatic carbocycles. The third kappa shape index (κ3) is 6.42. The number of hydrogen-bond donors (Lipinski definition) is 1. The summed E-state index contributed by atoms with van der Waals surface area (Å²) in [6.45, 7) is 12.3. The summed E-state index contributed by atoms with van der Waals surface area (Å²) in [5.41, 5.74) is 4.66. The van der Waals surface area contributed by atoms with Crippen molar-refractivity contribution in [1.29, 1.82) is 0 Å². The summed E-state index contributed by atoms with van der Waals surface area (Å²) in [5, 5.41) is 3.20. The highest BCUT2D eigenvalue weighted by Crippen LogP contribution is 2.22.